The van der Waals surface area contributed by atoms with E-state index in [1.54, 1.807) is 13.0 Å². The van der Waals surface area contributed by atoms with Crippen LogP contribution in [0.5, 0.6) is 5.75 Å². The number of halogens is 1. The van der Waals surface area contributed by atoms with E-state index in [0.29, 0.717) is 30.1 Å². The molecule has 1 aromatic heterocycles. The molecule has 2 atom stereocenters. The summed E-state index contributed by atoms with van der Waals surface area (Å²) in [4.78, 5) is 23.5. The van der Waals surface area contributed by atoms with Gasteiger partial charge in [0.05, 0.1) is 24.6 Å². The van der Waals surface area contributed by atoms with Crippen LogP contribution < -0.4 is 15.8 Å². The lowest BCUT2D eigenvalue weighted by atomic mass is 9.90. The zero-order valence-electron chi connectivity index (χ0n) is 18.9. The van der Waals surface area contributed by atoms with E-state index in [0.717, 1.165) is 13.1 Å². The van der Waals surface area contributed by atoms with Gasteiger partial charge in [-0.2, -0.15) is 0 Å². The molecule has 0 radical (unpaired) electrons. The molecule has 8 nitrogen and oxygen atoms in total. The molecule has 1 spiro atoms. The van der Waals surface area contributed by atoms with Crippen LogP contribution >= 0.6 is 0 Å². The minimum atomic E-state index is -1.32. The summed E-state index contributed by atoms with van der Waals surface area (Å²) >= 11 is 0. The van der Waals surface area contributed by atoms with E-state index in [2.05, 4.69) is 15.2 Å². The number of nitrogens with one attached hydrogen (secondary N) is 1. The number of anilines is 1. The molecule has 176 valence electrons. The molecule has 1 fully saturated rings. The van der Waals surface area contributed by atoms with Crippen molar-refractivity contribution in [2.75, 3.05) is 38.3 Å². The number of pyridine rings is 1. The average molecular weight is 474 g/mol. The molecular formula is C23H28FN5O3S. The molecule has 3 N–H and O–H groups in total. The second kappa shape index (κ2) is 8.83. The van der Waals surface area contributed by atoms with Gasteiger partial charge in [-0.25, -0.2) is 9.37 Å². The highest BCUT2D eigenvalue weighted by molar-refractivity contribution is 7.87. The SMILES string of the molecule is COc1ccc(C(=O)Nc2ccc(F)c([C@]3(C)CS(=O)C4(CCN(C)CC4)C(N)=N3)c2)nc1. The molecule has 3 heterocycles. The maximum absolute atomic E-state index is 14.9. The van der Waals surface area contributed by atoms with Gasteiger partial charge in [0.2, 0.25) is 0 Å². The van der Waals surface area contributed by atoms with Crippen LogP contribution in [0.2, 0.25) is 0 Å². The molecule has 4 rings (SSSR count). The van der Waals surface area contributed by atoms with E-state index in [4.69, 9.17) is 15.5 Å². The van der Waals surface area contributed by atoms with Crippen molar-refractivity contribution < 1.29 is 18.1 Å². The summed E-state index contributed by atoms with van der Waals surface area (Å²) in [5, 5.41) is 2.73. The summed E-state index contributed by atoms with van der Waals surface area (Å²) in [6, 6.07) is 7.43. The van der Waals surface area contributed by atoms with Gasteiger partial charge >= 0.3 is 0 Å². The highest BCUT2D eigenvalue weighted by Gasteiger charge is 2.50. The molecule has 1 saturated heterocycles. The van der Waals surface area contributed by atoms with Gasteiger partial charge in [-0.3, -0.25) is 14.0 Å². The minimum Gasteiger partial charge on any atom is -0.495 e. The summed E-state index contributed by atoms with van der Waals surface area (Å²) in [5.41, 5.74) is 6.10. The normalized spacial score (nSPS) is 24.8. The fourth-order valence-corrected chi connectivity index (χ4v) is 6.28. The molecule has 0 aliphatic carbocycles. The Kier molecular flexibility index (Phi) is 6.24. The number of benzene rings is 1. The van der Waals surface area contributed by atoms with E-state index in [1.807, 2.05) is 7.05 Å². The van der Waals surface area contributed by atoms with Gasteiger partial charge < -0.3 is 20.7 Å². The maximum atomic E-state index is 14.9. The number of methoxy groups -OCH3 is 1. The van der Waals surface area contributed by atoms with E-state index >= 15 is 0 Å². The van der Waals surface area contributed by atoms with Crippen LogP contribution in [0.15, 0.2) is 41.5 Å². The quantitative estimate of drug-likeness (QED) is 0.705. The zero-order valence-corrected chi connectivity index (χ0v) is 19.7. The summed E-state index contributed by atoms with van der Waals surface area (Å²) in [6.07, 6.45) is 2.77. The first-order chi connectivity index (χ1) is 15.7. The van der Waals surface area contributed by atoms with Crippen molar-refractivity contribution in [3.05, 3.63) is 53.6 Å². The van der Waals surface area contributed by atoms with Crippen molar-refractivity contribution in [1.82, 2.24) is 9.88 Å². The van der Waals surface area contributed by atoms with Crippen LogP contribution in [0.25, 0.3) is 0 Å². The Hall–Kier alpha value is -2.85. The number of hydrogen-bond donors (Lipinski definition) is 2. The number of likely N-dealkylation sites (tertiary alicyclic amines) is 1. The first kappa shape index (κ1) is 23.3. The van der Waals surface area contributed by atoms with E-state index in [9.17, 15) is 13.4 Å². The third kappa shape index (κ3) is 4.37. The largest absolute Gasteiger partial charge is 0.495 e. The Balaban J connectivity index is 1.61. The maximum Gasteiger partial charge on any atom is 0.274 e. The molecule has 1 unspecified atom stereocenters. The van der Waals surface area contributed by atoms with Gasteiger partial charge in [-0.05, 0) is 70.2 Å². The van der Waals surface area contributed by atoms with Gasteiger partial charge in [0.25, 0.3) is 5.91 Å². The number of aliphatic imine (C=N–C) groups is 1. The van der Waals surface area contributed by atoms with Crippen molar-refractivity contribution in [2.45, 2.75) is 30.1 Å². The Morgan fingerprint density at radius 2 is 2.00 bits per heavy atom. The first-order valence-corrected chi connectivity index (χ1v) is 12.0. The topological polar surface area (TPSA) is 110 Å². The lowest BCUT2D eigenvalue weighted by Gasteiger charge is -2.45. The van der Waals surface area contributed by atoms with Crippen molar-refractivity contribution in [2.24, 2.45) is 10.7 Å². The van der Waals surface area contributed by atoms with Crippen LogP contribution in [-0.4, -0.2) is 63.6 Å². The number of nitrogens with zero attached hydrogens (tertiary/aromatic N) is 3. The fraction of sp³-hybridized carbons (Fsp3) is 0.435. The second-order valence-corrected chi connectivity index (χ2v) is 10.6. The molecule has 10 heteroatoms. The lowest BCUT2D eigenvalue weighted by Crippen LogP contribution is -2.59. The molecular weight excluding hydrogens is 445 g/mol. The molecule has 2 aliphatic rings. The highest BCUT2D eigenvalue weighted by Crippen LogP contribution is 2.41. The van der Waals surface area contributed by atoms with E-state index in [1.165, 1.54) is 37.6 Å². The molecule has 33 heavy (non-hydrogen) atoms. The van der Waals surface area contributed by atoms with Gasteiger partial charge in [-0.1, -0.05) is 0 Å². The van der Waals surface area contributed by atoms with Crippen LogP contribution in [0.3, 0.4) is 0 Å². The summed E-state index contributed by atoms with van der Waals surface area (Å²) < 4.78 is 32.7. The number of aromatic nitrogens is 1. The number of hydrogen-bond acceptors (Lipinski definition) is 7. The molecule has 2 aromatic rings. The average Bonchev–Trinajstić information content (AvgIpc) is 2.80. The van der Waals surface area contributed by atoms with Crippen LogP contribution in [-0.2, 0) is 16.3 Å². The number of piperidine rings is 1. The lowest BCUT2D eigenvalue weighted by molar-refractivity contribution is 0.102. The van der Waals surface area contributed by atoms with Crippen LogP contribution in [0.4, 0.5) is 10.1 Å². The third-order valence-corrected chi connectivity index (χ3v) is 8.80. The monoisotopic (exact) mass is 473 g/mol. The van der Waals surface area contributed by atoms with Crippen LogP contribution in [0.1, 0.15) is 35.8 Å². The molecule has 1 aromatic carbocycles. The predicted octanol–water partition coefficient (Wildman–Crippen LogP) is 2.28. The predicted molar refractivity (Wildman–Crippen MR) is 127 cm³/mol. The Morgan fingerprint density at radius 1 is 1.27 bits per heavy atom. The number of amidine groups is 1. The van der Waals surface area contributed by atoms with Crippen molar-refractivity contribution >= 4 is 28.2 Å². The fourth-order valence-electron chi connectivity index (χ4n) is 4.36. The number of nitrogens with two attached hydrogens (primary N) is 1. The second-order valence-electron chi connectivity index (χ2n) is 8.79. The van der Waals surface area contributed by atoms with Gasteiger partial charge in [0.1, 0.15) is 27.8 Å². The van der Waals surface area contributed by atoms with Crippen molar-refractivity contribution in [3.63, 3.8) is 0 Å². The zero-order chi connectivity index (χ0) is 23.8. The Labute approximate surface area is 194 Å². The Morgan fingerprint density at radius 3 is 2.61 bits per heavy atom. The molecule has 0 bridgehead atoms. The molecule has 2 aliphatic heterocycles. The Bertz CT molecular complexity index is 1120. The van der Waals surface area contributed by atoms with Crippen molar-refractivity contribution in [3.8, 4) is 5.75 Å². The number of rotatable bonds is 4. The van der Waals surface area contributed by atoms with E-state index < -0.39 is 32.8 Å². The van der Waals surface area contributed by atoms with Gasteiger partial charge in [0, 0.05) is 22.1 Å². The number of carbonyl (C=O) groups excluding carboxylic acids is 1. The standard InChI is InChI=1S/C23H28FN5O3S/c1-22(14-33(31)23(21(25)28-22)8-10-29(2)11-9-23)17-12-15(4-6-18(17)24)27-20(30)19-7-5-16(32-3)13-26-19/h4-7,12-13H,8-11,14H2,1-3H3,(H2,25,28)(H,27,30)/t22-,33?/m0/s1. The van der Waals surface area contributed by atoms with Crippen molar-refractivity contribution in [1.29, 1.82) is 0 Å². The number of ether oxygens (including phenoxy) is 1. The molecule has 0 saturated carbocycles. The van der Waals surface area contributed by atoms with E-state index in [-0.39, 0.29) is 17.0 Å². The minimum absolute atomic E-state index is 0.159. The third-order valence-electron chi connectivity index (χ3n) is 6.49. The first-order valence-electron chi connectivity index (χ1n) is 10.7. The smallest absolute Gasteiger partial charge is 0.274 e. The highest BCUT2D eigenvalue weighted by atomic mass is 32.2. The number of amides is 1. The van der Waals surface area contributed by atoms with Gasteiger partial charge in [-0.15, -0.1) is 0 Å². The summed E-state index contributed by atoms with van der Waals surface area (Å²) in [7, 11) is 2.22. The van der Waals surface area contributed by atoms with Gasteiger partial charge in [0.15, 0.2) is 0 Å². The molecule has 1 amide bonds. The summed E-state index contributed by atoms with van der Waals surface area (Å²) in [6.45, 7) is 3.30. The van der Waals surface area contributed by atoms with Crippen LogP contribution in [0, 0.1) is 5.82 Å². The number of carbonyl (C=O) groups is 1. The summed E-state index contributed by atoms with van der Waals surface area (Å²) in [5.74, 6) is 0.0728.